The van der Waals surface area contributed by atoms with Gasteiger partial charge in [-0.3, -0.25) is 19.9 Å². The molecule has 0 radical (unpaired) electrons. The van der Waals surface area contributed by atoms with Crippen LogP contribution in [0.15, 0.2) is 76.1 Å². The molecule has 178 valence electrons. The molecule has 4 rings (SSSR count). The number of nitrogens with one attached hydrogen (secondary N) is 1. The minimum atomic E-state index is -0.392. The number of thioether (sulfide) groups is 1. The Morgan fingerprint density at radius 1 is 1.17 bits per heavy atom. The number of hydrogen-bond donors (Lipinski definition) is 1. The van der Waals surface area contributed by atoms with Crippen molar-refractivity contribution in [2.45, 2.75) is 10.9 Å². The molecule has 0 fully saturated rings. The molecular formula is C25H23N5O3S2. The first-order valence-corrected chi connectivity index (χ1v) is 12.5. The number of amides is 1. The van der Waals surface area contributed by atoms with E-state index in [1.807, 2.05) is 48.5 Å². The van der Waals surface area contributed by atoms with Crippen molar-refractivity contribution in [2.75, 3.05) is 24.7 Å². The lowest BCUT2D eigenvalue weighted by Gasteiger charge is -2.12. The highest BCUT2D eigenvalue weighted by Gasteiger charge is 2.15. The van der Waals surface area contributed by atoms with E-state index in [1.165, 1.54) is 29.2 Å². The largest absolute Gasteiger partial charge is 0.372 e. The highest BCUT2D eigenvalue weighted by molar-refractivity contribution is 8.01. The Bertz CT molecular complexity index is 1390. The first-order chi connectivity index (χ1) is 16.9. The van der Waals surface area contributed by atoms with E-state index in [9.17, 15) is 14.9 Å². The number of nitro groups is 1. The molecular weight excluding hydrogens is 482 g/mol. The second-order valence-corrected chi connectivity index (χ2v) is 10.1. The predicted molar refractivity (Wildman–Crippen MR) is 143 cm³/mol. The molecule has 1 N–H and O–H groups in total. The lowest BCUT2D eigenvalue weighted by Crippen LogP contribution is -2.24. The average Bonchev–Trinajstić information content (AvgIpc) is 3.27. The summed E-state index contributed by atoms with van der Waals surface area (Å²) < 4.78 is 1.77. The molecule has 0 saturated heterocycles. The van der Waals surface area contributed by atoms with Gasteiger partial charge < -0.3 is 10.2 Å². The molecule has 3 aromatic carbocycles. The molecule has 0 unspecified atom stereocenters. The van der Waals surface area contributed by atoms with Crippen molar-refractivity contribution >= 4 is 62.5 Å². The van der Waals surface area contributed by atoms with Crippen LogP contribution in [-0.2, 0) is 11.3 Å². The third-order valence-electron chi connectivity index (χ3n) is 5.05. The van der Waals surface area contributed by atoms with E-state index in [0.717, 1.165) is 25.8 Å². The van der Waals surface area contributed by atoms with Gasteiger partial charge in [0, 0.05) is 32.9 Å². The van der Waals surface area contributed by atoms with E-state index in [1.54, 1.807) is 37.3 Å². The smallest absolute Gasteiger partial charge is 0.293 e. The zero-order valence-electron chi connectivity index (χ0n) is 19.2. The lowest BCUT2D eigenvalue weighted by molar-refractivity contribution is -0.384. The molecule has 0 bridgehead atoms. The van der Waals surface area contributed by atoms with Crippen LogP contribution in [0.25, 0.3) is 10.2 Å². The third kappa shape index (κ3) is 6.43. The minimum absolute atomic E-state index is 0.0336. The number of rotatable bonds is 9. The second kappa shape index (κ2) is 11.1. The molecule has 0 spiro atoms. The van der Waals surface area contributed by atoms with Crippen LogP contribution in [0.2, 0.25) is 0 Å². The van der Waals surface area contributed by atoms with Crippen molar-refractivity contribution in [1.82, 2.24) is 10.3 Å². The van der Waals surface area contributed by atoms with Gasteiger partial charge in [0.05, 0.1) is 26.6 Å². The summed E-state index contributed by atoms with van der Waals surface area (Å²) in [7, 11) is 3.54. The number of aromatic nitrogens is 1. The first-order valence-electron chi connectivity index (χ1n) is 10.7. The monoisotopic (exact) mass is 505 g/mol. The standard InChI is InChI=1S/C25H23N5O3S2/c1-29(2)21-11-8-18(12-22(21)30(32)33)15-26-19-9-10-20-23(13-19)35-25(28-20)34-16-24(31)27-14-17-6-4-3-5-7-17/h3-13,15H,14,16H2,1-2H3,(H,27,31). The minimum Gasteiger partial charge on any atom is -0.372 e. The van der Waals surface area contributed by atoms with Crippen LogP contribution in [0.3, 0.4) is 0 Å². The highest BCUT2D eigenvalue weighted by Crippen LogP contribution is 2.32. The van der Waals surface area contributed by atoms with Crippen LogP contribution in [0.5, 0.6) is 0 Å². The zero-order chi connectivity index (χ0) is 24.8. The molecule has 35 heavy (non-hydrogen) atoms. The van der Waals surface area contributed by atoms with Gasteiger partial charge in [0.15, 0.2) is 4.34 Å². The number of anilines is 1. The number of nitro benzene ring substituents is 1. The van der Waals surface area contributed by atoms with E-state index >= 15 is 0 Å². The van der Waals surface area contributed by atoms with Crippen LogP contribution < -0.4 is 10.2 Å². The average molecular weight is 506 g/mol. The maximum absolute atomic E-state index is 12.2. The molecule has 1 amide bonds. The molecule has 0 aliphatic heterocycles. The zero-order valence-corrected chi connectivity index (χ0v) is 20.8. The summed E-state index contributed by atoms with van der Waals surface area (Å²) in [6.07, 6.45) is 1.61. The van der Waals surface area contributed by atoms with Gasteiger partial charge >= 0.3 is 0 Å². The fraction of sp³-hybridized carbons (Fsp3) is 0.160. The van der Waals surface area contributed by atoms with E-state index < -0.39 is 4.92 Å². The maximum atomic E-state index is 12.2. The number of thiazole rings is 1. The summed E-state index contributed by atoms with van der Waals surface area (Å²) in [5, 5.41) is 14.3. The molecule has 0 aliphatic carbocycles. The molecule has 8 nitrogen and oxygen atoms in total. The topological polar surface area (TPSA) is 101 Å². The number of carbonyl (C=O) groups is 1. The Morgan fingerprint density at radius 2 is 1.97 bits per heavy atom. The fourth-order valence-corrected chi connectivity index (χ4v) is 5.23. The Hall–Kier alpha value is -3.76. The number of nitrogens with zero attached hydrogens (tertiary/aromatic N) is 4. The van der Waals surface area contributed by atoms with E-state index in [4.69, 9.17) is 0 Å². The van der Waals surface area contributed by atoms with Crippen molar-refractivity contribution in [3.63, 3.8) is 0 Å². The second-order valence-electron chi connectivity index (χ2n) is 7.84. The molecule has 10 heteroatoms. The highest BCUT2D eigenvalue weighted by atomic mass is 32.2. The van der Waals surface area contributed by atoms with Crippen molar-refractivity contribution in [3.8, 4) is 0 Å². The van der Waals surface area contributed by atoms with Gasteiger partial charge in [0.1, 0.15) is 5.69 Å². The molecule has 1 heterocycles. The van der Waals surface area contributed by atoms with Crippen molar-refractivity contribution in [1.29, 1.82) is 0 Å². The van der Waals surface area contributed by atoms with Crippen molar-refractivity contribution < 1.29 is 9.72 Å². The first kappa shape index (κ1) is 24.4. The van der Waals surface area contributed by atoms with Crippen molar-refractivity contribution in [3.05, 3.63) is 88.0 Å². The normalized spacial score (nSPS) is 11.1. The number of aliphatic imine (C=N–C) groups is 1. The van der Waals surface area contributed by atoms with Gasteiger partial charge in [-0.25, -0.2) is 4.98 Å². The Labute approximate surface area is 210 Å². The molecule has 1 aromatic heterocycles. The third-order valence-corrected chi connectivity index (χ3v) is 7.21. The van der Waals surface area contributed by atoms with E-state index in [0.29, 0.717) is 23.5 Å². The SMILES string of the molecule is CN(C)c1ccc(C=Nc2ccc3nc(SCC(=O)NCc4ccccc4)sc3c2)cc1[N+](=O)[O-]. The molecule has 0 aliphatic rings. The number of benzene rings is 3. The van der Waals surface area contributed by atoms with E-state index in [2.05, 4.69) is 15.3 Å². The summed E-state index contributed by atoms with van der Waals surface area (Å²) in [6, 6.07) is 20.5. The Morgan fingerprint density at radius 3 is 2.71 bits per heavy atom. The van der Waals surface area contributed by atoms with Crippen LogP contribution in [0.4, 0.5) is 17.1 Å². The summed E-state index contributed by atoms with van der Waals surface area (Å²) in [5.74, 6) is 0.247. The summed E-state index contributed by atoms with van der Waals surface area (Å²) in [5.41, 5.74) is 3.83. The summed E-state index contributed by atoms with van der Waals surface area (Å²) in [4.78, 5) is 34.0. The van der Waals surface area contributed by atoms with Gasteiger partial charge in [-0.1, -0.05) is 48.2 Å². The molecule has 0 atom stereocenters. The lowest BCUT2D eigenvalue weighted by atomic mass is 10.1. The van der Waals surface area contributed by atoms with Crippen LogP contribution in [0.1, 0.15) is 11.1 Å². The summed E-state index contributed by atoms with van der Waals surface area (Å²) in [6.45, 7) is 0.502. The maximum Gasteiger partial charge on any atom is 0.293 e. The van der Waals surface area contributed by atoms with Crippen LogP contribution >= 0.6 is 23.1 Å². The Balaban J connectivity index is 1.39. The van der Waals surface area contributed by atoms with Gasteiger partial charge in [0.25, 0.3) is 5.69 Å². The van der Waals surface area contributed by atoms with E-state index in [-0.39, 0.29) is 11.6 Å². The number of carbonyl (C=O) groups excluding carboxylic acids is 1. The van der Waals surface area contributed by atoms with Crippen molar-refractivity contribution in [2.24, 2.45) is 4.99 Å². The predicted octanol–water partition coefficient (Wildman–Crippen LogP) is 5.43. The quantitative estimate of drug-likeness (QED) is 0.141. The van der Waals surface area contributed by atoms with Crippen LogP contribution in [0, 0.1) is 10.1 Å². The van der Waals surface area contributed by atoms with Gasteiger partial charge in [-0.2, -0.15) is 0 Å². The number of fused-ring (bicyclic) bond motifs is 1. The van der Waals surface area contributed by atoms with Gasteiger partial charge in [0.2, 0.25) is 5.91 Å². The van der Waals surface area contributed by atoms with Gasteiger partial charge in [-0.15, -0.1) is 11.3 Å². The molecule has 0 saturated carbocycles. The fourth-order valence-electron chi connectivity index (χ4n) is 3.30. The molecule has 4 aromatic rings. The Kier molecular flexibility index (Phi) is 7.74. The summed E-state index contributed by atoms with van der Waals surface area (Å²) >= 11 is 2.91. The van der Waals surface area contributed by atoms with Crippen LogP contribution in [-0.4, -0.2) is 41.9 Å². The van der Waals surface area contributed by atoms with Gasteiger partial charge in [-0.05, 0) is 35.4 Å². The number of hydrogen-bond acceptors (Lipinski definition) is 8.